The van der Waals surface area contributed by atoms with E-state index in [4.69, 9.17) is 0 Å². The zero-order valence-electron chi connectivity index (χ0n) is 9.44. The van der Waals surface area contributed by atoms with Crippen LogP contribution in [0.15, 0.2) is 12.1 Å². The summed E-state index contributed by atoms with van der Waals surface area (Å²) in [5.41, 5.74) is 5.94. The predicted molar refractivity (Wildman–Crippen MR) is 59.4 cm³/mol. The van der Waals surface area contributed by atoms with Crippen molar-refractivity contribution in [1.29, 1.82) is 0 Å². The van der Waals surface area contributed by atoms with Gasteiger partial charge in [0, 0.05) is 0 Å². The Morgan fingerprint density at radius 1 is 1.08 bits per heavy atom. The number of hydrogen-bond donors (Lipinski definition) is 0. The number of rotatable bonds is 2. The van der Waals surface area contributed by atoms with Crippen LogP contribution in [0.2, 0.25) is 0 Å². The van der Waals surface area contributed by atoms with Gasteiger partial charge >= 0.3 is 0 Å². The highest BCUT2D eigenvalue weighted by molar-refractivity contribution is 5.40. The molecule has 0 amide bonds. The maximum atomic E-state index is 2.28. The molecule has 72 valence electrons. The lowest BCUT2D eigenvalue weighted by Gasteiger charge is -2.14. The third-order valence-corrected chi connectivity index (χ3v) is 2.94. The second-order valence-corrected chi connectivity index (χ2v) is 4.07. The molecule has 0 saturated carbocycles. The Balaban J connectivity index is 3.23. The Morgan fingerprint density at radius 2 is 1.69 bits per heavy atom. The summed E-state index contributed by atoms with van der Waals surface area (Å²) in [5, 5.41) is 0. The van der Waals surface area contributed by atoms with E-state index in [1.54, 1.807) is 0 Å². The molecule has 0 aliphatic carbocycles. The fraction of sp³-hybridized carbons (Fsp3) is 0.538. The minimum absolute atomic E-state index is 0.643. The molecule has 0 unspecified atom stereocenters. The van der Waals surface area contributed by atoms with Crippen molar-refractivity contribution in [3.05, 3.63) is 34.4 Å². The van der Waals surface area contributed by atoms with Crippen molar-refractivity contribution in [2.45, 2.75) is 47.0 Å². The number of hydrogen-bond acceptors (Lipinski definition) is 0. The van der Waals surface area contributed by atoms with Crippen LogP contribution in [0.5, 0.6) is 0 Å². The van der Waals surface area contributed by atoms with E-state index in [2.05, 4.69) is 46.8 Å². The Morgan fingerprint density at radius 3 is 2.15 bits per heavy atom. The van der Waals surface area contributed by atoms with E-state index in [-0.39, 0.29) is 0 Å². The van der Waals surface area contributed by atoms with Gasteiger partial charge in [-0.05, 0) is 48.4 Å². The van der Waals surface area contributed by atoms with Gasteiger partial charge in [0.05, 0.1) is 0 Å². The summed E-state index contributed by atoms with van der Waals surface area (Å²) in [6, 6.07) is 4.56. The zero-order chi connectivity index (χ0) is 10.0. The summed E-state index contributed by atoms with van der Waals surface area (Å²) in [6.45, 7) is 11.2. The summed E-state index contributed by atoms with van der Waals surface area (Å²) in [5.74, 6) is 0.643. The maximum Gasteiger partial charge on any atom is -0.0216 e. The van der Waals surface area contributed by atoms with Crippen molar-refractivity contribution >= 4 is 0 Å². The van der Waals surface area contributed by atoms with Gasteiger partial charge in [-0.15, -0.1) is 0 Å². The van der Waals surface area contributed by atoms with Crippen LogP contribution in [0.3, 0.4) is 0 Å². The van der Waals surface area contributed by atoms with Crippen molar-refractivity contribution in [1.82, 2.24) is 0 Å². The van der Waals surface area contributed by atoms with E-state index in [9.17, 15) is 0 Å². The molecule has 0 N–H and O–H groups in total. The summed E-state index contributed by atoms with van der Waals surface area (Å²) in [7, 11) is 0. The molecule has 1 rings (SSSR count). The van der Waals surface area contributed by atoms with Gasteiger partial charge < -0.3 is 0 Å². The van der Waals surface area contributed by atoms with Crippen molar-refractivity contribution in [2.24, 2.45) is 0 Å². The first kappa shape index (κ1) is 10.3. The number of benzene rings is 1. The number of aryl methyl sites for hydroxylation is 1. The third kappa shape index (κ3) is 1.93. The Bertz CT molecular complexity index is 295. The molecule has 1 aromatic rings. The molecule has 13 heavy (non-hydrogen) atoms. The lowest BCUT2D eigenvalue weighted by atomic mass is 9.91. The summed E-state index contributed by atoms with van der Waals surface area (Å²) < 4.78 is 0. The molecule has 0 fully saturated rings. The Hall–Kier alpha value is -0.780. The molecule has 0 aromatic heterocycles. The van der Waals surface area contributed by atoms with Crippen LogP contribution in [0.25, 0.3) is 0 Å². The first-order valence-electron chi connectivity index (χ1n) is 5.16. The largest absolute Gasteiger partial charge is 0.0613 e. The van der Waals surface area contributed by atoms with Gasteiger partial charge in [0.1, 0.15) is 0 Å². The molecule has 0 atom stereocenters. The minimum atomic E-state index is 0.643. The van der Waals surface area contributed by atoms with Crippen LogP contribution in [-0.2, 0) is 6.42 Å². The summed E-state index contributed by atoms with van der Waals surface area (Å²) in [6.07, 6.45) is 1.14. The first-order chi connectivity index (χ1) is 6.07. The molecule has 0 radical (unpaired) electrons. The fourth-order valence-corrected chi connectivity index (χ4v) is 1.91. The Labute approximate surface area is 82.0 Å². The second-order valence-electron chi connectivity index (χ2n) is 4.07. The predicted octanol–water partition coefficient (Wildman–Crippen LogP) is 3.99. The summed E-state index contributed by atoms with van der Waals surface area (Å²) >= 11 is 0. The van der Waals surface area contributed by atoms with Crippen LogP contribution in [0.1, 0.15) is 48.9 Å². The molecule has 0 aliphatic rings. The molecule has 0 heterocycles. The quantitative estimate of drug-likeness (QED) is 0.639. The molecule has 1 aromatic carbocycles. The second kappa shape index (κ2) is 3.95. The molecule has 0 heteroatoms. The van der Waals surface area contributed by atoms with Gasteiger partial charge in [-0.2, -0.15) is 0 Å². The van der Waals surface area contributed by atoms with E-state index in [0.29, 0.717) is 5.92 Å². The average Bonchev–Trinajstić information content (AvgIpc) is 2.09. The zero-order valence-corrected chi connectivity index (χ0v) is 9.44. The fourth-order valence-electron chi connectivity index (χ4n) is 1.91. The van der Waals surface area contributed by atoms with E-state index < -0.39 is 0 Å². The van der Waals surface area contributed by atoms with Crippen molar-refractivity contribution in [2.75, 3.05) is 0 Å². The molecule has 0 aliphatic heterocycles. The van der Waals surface area contributed by atoms with Crippen LogP contribution in [0.4, 0.5) is 0 Å². The summed E-state index contributed by atoms with van der Waals surface area (Å²) in [4.78, 5) is 0. The van der Waals surface area contributed by atoms with Gasteiger partial charge in [-0.1, -0.05) is 32.9 Å². The van der Waals surface area contributed by atoms with Gasteiger partial charge in [-0.3, -0.25) is 0 Å². The molecule has 0 bridgehead atoms. The van der Waals surface area contributed by atoms with E-state index in [0.717, 1.165) is 6.42 Å². The molecular formula is C13H20. The molecule has 0 saturated heterocycles. The van der Waals surface area contributed by atoms with Gasteiger partial charge in [0.2, 0.25) is 0 Å². The smallest absolute Gasteiger partial charge is 0.0216 e. The van der Waals surface area contributed by atoms with Crippen LogP contribution < -0.4 is 0 Å². The average molecular weight is 176 g/mol. The monoisotopic (exact) mass is 176 g/mol. The lowest BCUT2D eigenvalue weighted by molar-refractivity contribution is 0.850. The Kier molecular flexibility index (Phi) is 3.13. The standard InChI is InChI=1S/C13H20/c1-6-12-7-8-13(9(2)3)11(5)10(12)4/h7-9H,6H2,1-5H3. The molecule has 0 nitrogen and oxygen atoms in total. The topological polar surface area (TPSA) is 0 Å². The SMILES string of the molecule is CCc1ccc(C(C)C)c(C)c1C. The minimum Gasteiger partial charge on any atom is -0.0613 e. The van der Waals surface area contributed by atoms with Crippen LogP contribution >= 0.6 is 0 Å². The van der Waals surface area contributed by atoms with Gasteiger partial charge in [0.25, 0.3) is 0 Å². The third-order valence-electron chi connectivity index (χ3n) is 2.94. The van der Waals surface area contributed by atoms with E-state index in [1.807, 2.05) is 0 Å². The highest BCUT2D eigenvalue weighted by Gasteiger charge is 2.07. The van der Waals surface area contributed by atoms with E-state index in [1.165, 1.54) is 22.3 Å². The highest BCUT2D eigenvalue weighted by Crippen LogP contribution is 2.24. The maximum absolute atomic E-state index is 2.28. The molecular weight excluding hydrogens is 156 g/mol. The van der Waals surface area contributed by atoms with Crippen molar-refractivity contribution in [3.63, 3.8) is 0 Å². The highest BCUT2D eigenvalue weighted by atomic mass is 14.1. The van der Waals surface area contributed by atoms with Gasteiger partial charge in [-0.25, -0.2) is 0 Å². The normalized spacial score (nSPS) is 10.9. The van der Waals surface area contributed by atoms with Crippen molar-refractivity contribution in [3.8, 4) is 0 Å². The first-order valence-corrected chi connectivity index (χ1v) is 5.16. The van der Waals surface area contributed by atoms with Crippen LogP contribution in [-0.4, -0.2) is 0 Å². The molecule has 0 spiro atoms. The van der Waals surface area contributed by atoms with Crippen molar-refractivity contribution < 1.29 is 0 Å². The van der Waals surface area contributed by atoms with Gasteiger partial charge in [0.15, 0.2) is 0 Å². The van der Waals surface area contributed by atoms with Crippen LogP contribution in [0, 0.1) is 13.8 Å². The van der Waals surface area contributed by atoms with E-state index >= 15 is 0 Å². The lowest BCUT2D eigenvalue weighted by Crippen LogP contribution is -1.98.